The van der Waals surface area contributed by atoms with E-state index in [4.69, 9.17) is 21.8 Å². The van der Waals surface area contributed by atoms with E-state index < -0.39 is 8.32 Å². The highest BCUT2D eigenvalue weighted by atomic mass is 35.5. The lowest BCUT2D eigenvalue weighted by molar-refractivity contribution is 0.197. The predicted molar refractivity (Wildman–Crippen MR) is 79.3 cm³/mol. The summed E-state index contributed by atoms with van der Waals surface area (Å²) in [6, 6.07) is 7.11. The molecule has 2 N–H and O–H groups in total. The molecule has 0 bridgehead atoms. The van der Waals surface area contributed by atoms with Crippen LogP contribution >= 0.6 is 11.6 Å². The van der Waals surface area contributed by atoms with Gasteiger partial charge in [0.2, 0.25) is 0 Å². The van der Waals surface area contributed by atoms with E-state index in [1.807, 2.05) is 6.07 Å². The Morgan fingerprint density at radius 1 is 1.28 bits per heavy atom. The van der Waals surface area contributed by atoms with Crippen LogP contribution in [0.3, 0.4) is 0 Å². The first-order chi connectivity index (χ1) is 8.60. The van der Waals surface area contributed by atoms with Gasteiger partial charge in [-0.15, -0.1) is 0 Å². The highest BCUT2D eigenvalue weighted by Crippen LogP contribution is 2.29. The Hall–Kier alpha value is -0.423. The highest BCUT2D eigenvalue weighted by molar-refractivity contribution is 6.73. The van der Waals surface area contributed by atoms with Gasteiger partial charge in [0, 0.05) is 12.7 Å². The van der Waals surface area contributed by atoms with E-state index in [-0.39, 0.29) is 6.10 Å². The van der Waals surface area contributed by atoms with Crippen LogP contribution in [0.2, 0.25) is 23.3 Å². The summed E-state index contributed by atoms with van der Waals surface area (Å²) in [5.74, 6) is 0. The van der Waals surface area contributed by atoms with E-state index in [1.54, 1.807) is 12.3 Å². The van der Waals surface area contributed by atoms with Crippen molar-refractivity contribution in [2.24, 2.45) is 5.73 Å². The van der Waals surface area contributed by atoms with E-state index >= 15 is 0 Å². The minimum absolute atomic E-state index is 0.0544. The van der Waals surface area contributed by atoms with Gasteiger partial charge in [0.1, 0.15) is 5.15 Å². The van der Waals surface area contributed by atoms with E-state index in [0.29, 0.717) is 11.7 Å². The first-order valence-electron chi connectivity index (χ1n) is 6.60. The second kappa shape index (κ2) is 7.24. The second-order valence-corrected chi connectivity index (χ2v) is 9.61. The third kappa shape index (κ3) is 3.78. The summed E-state index contributed by atoms with van der Waals surface area (Å²) in [5.41, 5.74) is 6.87. The first-order valence-corrected chi connectivity index (χ1v) is 9.50. The van der Waals surface area contributed by atoms with Gasteiger partial charge in [0.05, 0.1) is 6.10 Å². The number of aromatic nitrogens is 1. The minimum Gasteiger partial charge on any atom is -0.409 e. The van der Waals surface area contributed by atoms with Crippen LogP contribution in [0.25, 0.3) is 0 Å². The van der Waals surface area contributed by atoms with Crippen LogP contribution in [0.4, 0.5) is 0 Å². The third-order valence-electron chi connectivity index (χ3n) is 3.66. The van der Waals surface area contributed by atoms with Gasteiger partial charge in [-0.05, 0) is 29.8 Å². The monoisotopic (exact) mass is 286 g/mol. The summed E-state index contributed by atoms with van der Waals surface area (Å²) >= 11 is 5.80. The molecule has 3 nitrogen and oxygen atoms in total. The van der Waals surface area contributed by atoms with Gasteiger partial charge >= 0.3 is 0 Å². The molecule has 1 aromatic heterocycles. The topological polar surface area (TPSA) is 48.1 Å². The Morgan fingerprint density at radius 3 is 2.28 bits per heavy atom. The molecular weight excluding hydrogens is 264 g/mol. The van der Waals surface area contributed by atoms with Crippen LogP contribution in [-0.4, -0.2) is 19.8 Å². The Morgan fingerprint density at radius 2 is 1.89 bits per heavy atom. The van der Waals surface area contributed by atoms with Crippen molar-refractivity contribution in [3.05, 3.63) is 29.0 Å². The summed E-state index contributed by atoms with van der Waals surface area (Å²) in [6.07, 6.45) is 1.71. The smallest absolute Gasteiger partial charge is 0.192 e. The van der Waals surface area contributed by atoms with Crippen LogP contribution in [0.15, 0.2) is 18.3 Å². The molecule has 0 aromatic carbocycles. The molecular formula is C13H23ClN2OSi. The molecule has 0 amide bonds. The van der Waals surface area contributed by atoms with Gasteiger partial charge in [-0.3, -0.25) is 0 Å². The fourth-order valence-electron chi connectivity index (χ4n) is 2.13. The highest BCUT2D eigenvalue weighted by Gasteiger charge is 2.32. The van der Waals surface area contributed by atoms with Crippen LogP contribution in [0, 0.1) is 0 Å². The minimum atomic E-state index is -1.64. The van der Waals surface area contributed by atoms with Crippen LogP contribution < -0.4 is 5.73 Å². The number of nitrogens with zero attached hydrogens (tertiary/aromatic N) is 1. The van der Waals surface area contributed by atoms with Crippen LogP contribution in [-0.2, 0) is 4.43 Å². The van der Waals surface area contributed by atoms with Gasteiger partial charge in [-0.25, -0.2) is 4.98 Å². The fourth-order valence-corrected chi connectivity index (χ4v) is 5.08. The SMILES string of the molecule is CC[Si](CC)(CC)OC(CN)c1ccc(Cl)nc1. The molecule has 0 spiro atoms. The molecule has 0 fully saturated rings. The van der Waals surface area contributed by atoms with Crippen molar-refractivity contribution in [3.8, 4) is 0 Å². The molecule has 0 radical (unpaired) electrons. The Bertz CT molecular complexity index is 346. The lowest BCUT2D eigenvalue weighted by Crippen LogP contribution is -2.39. The number of hydrogen-bond acceptors (Lipinski definition) is 3. The second-order valence-electron chi connectivity index (χ2n) is 4.50. The first kappa shape index (κ1) is 15.6. The molecule has 1 atom stereocenters. The number of nitrogens with two attached hydrogens (primary N) is 1. The molecule has 0 aliphatic carbocycles. The lowest BCUT2D eigenvalue weighted by Gasteiger charge is -2.32. The summed E-state index contributed by atoms with van der Waals surface area (Å²) in [7, 11) is -1.64. The summed E-state index contributed by atoms with van der Waals surface area (Å²) in [6.45, 7) is 7.13. The molecule has 0 aliphatic rings. The van der Waals surface area contributed by atoms with Crippen molar-refractivity contribution in [1.29, 1.82) is 0 Å². The average molecular weight is 287 g/mol. The molecule has 0 aliphatic heterocycles. The maximum Gasteiger partial charge on any atom is 0.192 e. The molecule has 1 rings (SSSR count). The molecule has 102 valence electrons. The fraction of sp³-hybridized carbons (Fsp3) is 0.615. The molecule has 5 heteroatoms. The zero-order valence-electron chi connectivity index (χ0n) is 11.4. The van der Waals surface area contributed by atoms with Crippen LogP contribution in [0.1, 0.15) is 32.4 Å². The largest absolute Gasteiger partial charge is 0.409 e. The van der Waals surface area contributed by atoms with E-state index in [1.165, 1.54) is 0 Å². The van der Waals surface area contributed by atoms with Crippen molar-refractivity contribution >= 4 is 19.9 Å². The van der Waals surface area contributed by atoms with Gasteiger partial charge in [0.15, 0.2) is 8.32 Å². The Kier molecular flexibility index (Phi) is 6.28. The number of pyridine rings is 1. The van der Waals surface area contributed by atoms with Gasteiger partial charge in [0.25, 0.3) is 0 Å². The third-order valence-corrected chi connectivity index (χ3v) is 8.54. The van der Waals surface area contributed by atoms with Crippen molar-refractivity contribution in [2.45, 2.75) is 45.0 Å². The van der Waals surface area contributed by atoms with Gasteiger partial charge < -0.3 is 10.2 Å². The van der Waals surface area contributed by atoms with Crippen LogP contribution in [0.5, 0.6) is 0 Å². The summed E-state index contributed by atoms with van der Waals surface area (Å²) in [4.78, 5) is 4.10. The lowest BCUT2D eigenvalue weighted by atomic mass is 10.2. The maximum absolute atomic E-state index is 6.39. The maximum atomic E-state index is 6.39. The number of rotatable bonds is 7. The molecule has 0 saturated heterocycles. The summed E-state index contributed by atoms with van der Waals surface area (Å²) in [5, 5.41) is 0.500. The van der Waals surface area contributed by atoms with E-state index in [2.05, 4.69) is 25.8 Å². The van der Waals surface area contributed by atoms with Gasteiger partial charge in [-0.2, -0.15) is 0 Å². The van der Waals surface area contributed by atoms with Gasteiger partial charge in [-0.1, -0.05) is 38.4 Å². The zero-order chi connectivity index (χ0) is 13.6. The van der Waals surface area contributed by atoms with E-state index in [0.717, 1.165) is 23.7 Å². The molecule has 1 heterocycles. The molecule has 1 unspecified atom stereocenters. The number of halogens is 1. The van der Waals surface area contributed by atoms with Crippen molar-refractivity contribution < 1.29 is 4.43 Å². The predicted octanol–water partition coefficient (Wildman–Crippen LogP) is 3.76. The molecule has 18 heavy (non-hydrogen) atoms. The molecule has 0 saturated carbocycles. The zero-order valence-corrected chi connectivity index (χ0v) is 13.2. The van der Waals surface area contributed by atoms with E-state index in [9.17, 15) is 0 Å². The number of hydrogen-bond donors (Lipinski definition) is 1. The van der Waals surface area contributed by atoms with Crippen molar-refractivity contribution in [1.82, 2.24) is 4.98 Å². The quantitative estimate of drug-likeness (QED) is 0.613. The standard InChI is InChI=1S/C13H23ClN2OSi/c1-4-18(5-2,6-3)17-12(9-15)11-7-8-13(14)16-10-11/h7-8,10,12H,4-6,9,15H2,1-3H3. The Balaban J connectivity index is 2.86. The van der Waals surface area contributed by atoms with Crippen molar-refractivity contribution in [3.63, 3.8) is 0 Å². The normalized spacial score (nSPS) is 13.6. The average Bonchev–Trinajstić information content (AvgIpc) is 2.42. The Labute approximate surface area is 116 Å². The van der Waals surface area contributed by atoms with Crippen molar-refractivity contribution in [2.75, 3.05) is 6.54 Å². The summed E-state index contributed by atoms with van der Waals surface area (Å²) < 4.78 is 6.39. The molecule has 1 aromatic rings.